The highest BCUT2D eigenvalue weighted by molar-refractivity contribution is 7.91. The minimum absolute atomic E-state index is 0.0551. The monoisotopic (exact) mass is 428 g/mol. The van der Waals surface area contributed by atoms with Gasteiger partial charge < -0.3 is 10.1 Å². The summed E-state index contributed by atoms with van der Waals surface area (Å²) < 4.78 is 30.6. The van der Waals surface area contributed by atoms with E-state index >= 15 is 0 Å². The van der Waals surface area contributed by atoms with E-state index in [4.69, 9.17) is 16.3 Å². The molecule has 1 heterocycles. The van der Waals surface area contributed by atoms with Crippen LogP contribution >= 0.6 is 11.6 Å². The molecule has 0 aliphatic heterocycles. The Hall–Kier alpha value is -3.16. The Morgan fingerprint density at radius 1 is 1.10 bits per heavy atom. The SMILES string of the molecule is COc1ccc(S(=O)(=O)c2ccc(NC(=O)C=Cc3cccnc3)cc2)cc1Cl. The van der Waals surface area contributed by atoms with Gasteiger partial charge in [-0.2, -0.15) is 0 Å². The van der Waals surface area contributed by atoms with Crippen molar-refractivity contribution in [2.24, 2.45) is 0 Å². The molecule has 1 N–H and O–H groups in total. The summed E-state index contributed by atoms with van der Waals surface area (Å²) >= 11 is 6.03. The lowest BCUT2D eigenvalue weighted by molar-refractivity contribution is -0.111. The summed E-state index contributed by atoms with van der Waals surface area (Å²) in [5.41, 5.74) is 1.26. The van der Waals surface area contributed by atoms with Crippen LogP contribution in [0.4, 0.5) is 5.69 Å². The van der Waals surface area contributed by atoms with Crippen molar-refractivity contribution in [1.29, 1.82) is 0 Å². The smallest absolute Gasteiger partial charge is 0.248 e. The van der Waals surface area contributed by atoms with Crippen LogP contribution in [0.2, 0.25) is 5.02 Å². The van der Waals surface area contributed by atoms with Crippen molar-refractivity contribution in [2.45, 2.75) is 9.79 Å². The maximum Gasteiger partial charge on any atom is 0.248 e. The minimum atomic E-state index is -3.75. The van der Waals surface area contributed by atoms with Crippen molar-refractivity contribution in [1.82, 2.24) is 4.98 Å². The average Bonchev–Trinajstić information content (AvgIpc) is 2.73. The number of carbonyl (C=O) groups is 1. The maximum atomic E-state index is 12.8. The summed E-state index contributed by atoms with van der Waals surface area (Å²) in [6.07, 6.45) is 6.29. The summed E-state index contributed by atoms with van der Waals surface area (Å²) in [6, 6.07) is 13.8. The highest BCUT2D eigenvalue weighted by atomic mass is 35.5. The predicted molar refractivity (Wildman–Crippen MR) is 112 cm³/mol. The number of amides is 1. The molecule has 0 bridgehead atoms. The number of rotatable bonds is 6. The molecular weight excluding hydrogens is 412 g/mol. The summed E-state index contributed by atoms with van der Waals surface area (Å²) in [7, 11) is -2.30. The number of benzene rings is 2. The van der Waals surface area contributed by atoms with Gasteiger partial charge in [0.15, 0.2) is 0 Å². The summed E-state index contributed by atoms with van der Waals surface area (Å²) in [4.78, 5) is 16.1. The number of halogens is 1. The highest BCUT2D eigenvalue weighted by Gasteiger charge is 2.19. The van der Waals surface area contributed by atoms with E-state index in [0.717, 1.165) is 5.56 Å². The van der Waals surface area contributed by atoms with Gasteiger partial charge in [0, 0.05) is 24.2 Å². The molecule has 8 heteroatoms. The van der Waals surface area contributed by atoms with E-state index in [2.05, 4.69) is 10.3 Å². The van der Waals surface area contributed by atoms with Crippen LogP contribution in [0.15, 0.2) is 82.9 Å². The lowest BCUT2D eigenvalue weighted by Crippen LogP contribution is -2.08. The number of sulfone groups is 1. The molecule has 1 aromatic heterocycles. The Bertz CT molecular complexity index is 1150. The van der Waals surface area contributed by atoms with Crippen LogP contribution in [-0.2, 0) is 14.6 Å². The molecule has 0 aliphatic carbocycles. The fourth-order valence-corrected chi connectivity index (χ4v) is 4.11. The van der Waals surface area contributed by atoms with Crippen LogP contribution in [0.3, 0.4) is 0 Å². The molecule has 0 unspecified atom stereocenters. The van der Waals surface area contributed by atoms with E-state index in [9.17, 15) is 13.2 Å². The Labute approximate surface area is 173 Å². The van der Waals surface area contributed by atoms with E-state index in [-0.39, 0.29) is 20.7 Å². The van der Waals surface area contributed by atoms with E-state index in [1.807, 2.05) is 6.07 Å². The number of hydrogen-bond donors (Lipinski definition) is 1. The first-order chi connectivity index (χ1) is 13.9. The average molecular weight is 429 g/mol. The second-order valence-corrected chi connectivity index (χ2v) is 8.29. The van der Waals surface area contributed by atoms with Gasteiger partial charge in [0.1, 0.15) is 5.75 Å². The van der Waals surface area contributed by atoms with Gasteiger partial charge in [0.05, 0.1) is 21.9 Å². The third-order valence-corrected chi connectivity index (χ3v) is 6.04. The van der Waals surface area contributed by atoms with Crippen molar-refractivity contribution in [3.05, 3.63) is 83.7 Å². The van der Waals surface area contributed by atoms with Gasteiger partial charge in [-0.1, -0.05) is 17.7 Å². The van der Waals surface area contributed by atoms with E-state index < -0.39 is 9.84 Å². The van der Waals surface area contributed by atoms with Gasteiger partial charge in [-0.25, -0.2) is 8.42 Å². The van der Waals surface area contributed by atoms with E-state index in [0.29, 0.717) is 11.4 Å². The fraction of sp³-hybridized carbons (Fsp3) is 0.0476. The molecule has 0 aliphatic rings. The lowest BCUT2D eigenvalue weighted by atomic mass is 10.2. The van der Waals surface area contributed by atoms with Gasteiger partial charge in [0.25, 0.3) is 0 Å². The number of carbonyl (C=O) groups excluding carboxylic acids is 1. The second-order valence-electron chi connectivity index (χ2n) is 5.93. The topological polar surface area (TPSA) is 85.4 Å². The third kappa shape index (κ3) is 5.01. The van der Waals surface area contributed by atoms with Crippen LogP contribution in [0.5, 0.6) is 5.75 Å². The summed E-state index contributed by atoms with van der Waals surface area (Å²) in [5, 5.41) is 2.88. The zero-order valence-corrected chi connectivity index (χ0v) is 16.9. The largest absolute Gasteiger partial charge is 0.495 e. The first-order valence-corrected chi connectivity index (χ1v) is 10.3. The molecule has 2 aromatic carbocycles. The molecular formula is C21H17ClN2O4S. The Morgan fingerprint density at radius 2 is 1.83 bits per heavy atom. The molecule has 0 saturated carbocycles. The summed E-state index contributed by atoms with van der Waals surface area (Å²) in [6.45, 7) is 0. The molecule has 1 amide bonds. The van der Waals surface area contributed by atoms with Crippen molar-refractivity contribution >= 4 is 39.1 Å². The number of nitrogens with zero attached hydrogens (tertiary/aromatic N) is 1. The van der Waals surface area contributed by atoms with Gasteiger partial charge in [-0.15, -0.1) is 0 Å². The van der Waals surface area contributed by atoms with Crippen LogP contribution < -0.4 is 10.1 Å². The number of anilines is 1. The van der Waals surface area contributed by atoms with Crippen molar-refractivity contribution < 1.29 is 17.9 Å². The lowest BCUT2D eigenvalue weighted by Gasteiger charge is -2.09. The first kappa shape index (κ1) is 20.6. The predicted octanol–water partition coefficient (Wildman–Crippen LogP) is 4.23. The van der Waals surface area contributed by atoms with E-state index in [1.54, 1.807) is 24.5 Å². The number of aromatic nitrogens is 1. The van der Waals surface area contributed by atoms with Gasteiger partial charge >= 0.3 is 0 Å². The Kier molecular flexibility index (Phi) is 6.31. The molecule has 148 valence electrons. The number of methoxy groups -OCH3 is 1. The van der Waals surface area contributed by atoms with Gasteiger partial charge in [0.2, 0.25) is 15.7 Å². The molecule has 3 rings (SSSR count). The molecule has 0 atom stereocenters. The van der Waals surface area contributed by atoms with Crippen LogP contribution in [0, 0.1) is 0 Å². The number of pyridine rings is 1. The summed E-state index contributed by atoms with van der Waals surface area (Å²) in [5.74, 6) is 0.0504. The van der Waals surface area contributed by atoms with Crippen LogP contribution in [0.1, 0.15) is 5.56 Å². The quantitative estimate of drug-likeness (QED) is 0.594. The highest BCUT2D eigenvalue weighted by Crippen LogP contribution is 2.30. The number of nitrogens with one attached hydrogen (secondary N) is 1. The van der Waals surface area contributed by atoms with Crippen molar-refractivity contribution in [2.75, 3.05) is 12.4 Å². The number of hydrogen-bond acceptors (Lipinski definition) is 5. The number of ether oxygens (including phenoxy) is 1. The van der Waals surface area contributed by atoms with Gasteiger partial charge in [-0.3, -0.25) is 9.78 Å². The molecule has 0 radical (unpaired) electrons. The fourth-order valence-electron chi connectivity index (χ4n) is 2.50. The van der Waals surface area contributed by atoms with Crippen molar-refractivity contribution in [3.63, 3.8) is 0 Å². The maximum absolute atomic E-state index is 12.8. The normalized spacial score (nSPS) is 11.4. The second kappa shape index (κ2) is 8.89. The molecule has 3 aromatic rings. The Morgan fingerprint density at radius 3 is 2.45 bits per heavy atom. The van der Waals surface area contributed by atoms with Crippen LogP contribution in [-0.4, -0.2) is 26.4 Å². The Balaban J connectivity index is 1.73. The van der Waals surface area contributed by atoms with Crippen molar-refractivity contribution in [3.8, 4) is 5.75 Å². The van der Waals surface area contributed by atoms with E-state index in [1.165, 1.54) is 55.7 Å². The molecule has 6 nitrogen and oxygen atoms in total. The molecule has 0 fully saturated rings. The molecule has 0 spiro atoms. The van der Waals surface area contributed by atoms with Gasteiger partial charge in [-0.05, 0) is 60.2 Å². The zero-order chi connectivity index (χ0) is 20.9. The molecule has 29 heavy (non-hydrogen) atoms. The molecule has 0 saturated heterocycles. The minimum Gasteiger partial charge on any atom is -0.495 e. The standard InChI is InChI=1S/C21H17ClN2O4S/c1-28-20-10-9-18(13-19(20)22)29(26,27)17-7-5-16(6-8-17)24-21(25)11-4-15-3-2-12-23-14-15/h2-14H,1H3,(H,24,25). The van der Waals surface area contributed by atoms with Crippen LogP contribution in [0.25, 0.3) is 6.08 Å². The third-order valence-electron chi connectivity index (χ3n) is 3.98. The first-order valence-electron chi connectivity index (χ1n) is 8.48. The zero-order valence-electron chi connectivity index (χ0n) is 15.4.